The highest BCUT2D eigenvalue weighted by atomic mass is 16.5. The van der Waals surface area contributed by atoms with Crippen molar-refractivity contribution in [3.63, 3.8) is 0 Å². The van der Waals surface area contributed by atoms with E-state index in [4.69, 9.17) is 16.9 Å². The summed E-state index contributed by atoms with van der Waals surface area (Å²) in [5.74, 6) is 2.26. The van der Waals surface area contributed by atoms with Crippen LogP contribution in [0.4, 0.5) is 0 Å². The lowest BCUT2D eigenvalue weighted by Crippen LogP contribution is -2.35. The molecular formula is C20H21N3O4. The minimum atomic E-state index is -0.764. The van der Waals surface area contributed by atoms with E-state index in [-0.39, 0.29) is 6.42 Å². The number of terminal acetylenes is 1. The monoisotopic (exact) mass is 367 g/mol. The molecule has 0 aliphatic carbocycles. The smallest absolute Gasteiger partial charge is 0.308 e. The van der Waals surface area contributed by atoms with Gasteiger partial charge in [0.1, 0.15) is 11.8 Å². The minimum absolute atomic E-state index is 0.107. The zero-order valence-electron chi connectivity index (χ0n) is 15.2. The summed E-state index contributed by atoms with van der Waals surface area (Å²) < 4.78 is 10.3. The minimum Gasteiger partial charge on any atom is -0.469 e. The van der Waals surface area contributed by atoms with Crippen LogP contribution in [0.15, 0.2) is 36.4 Å². The first kappa shape index (κ1) is 19.9. The Labute approximate surface area is 157 Å². The van der Waals surface area contributed by atoms with Gasteiger partial charge in [0, 0.05) is 23.9 Å². The first-order chi connectivity index (χ1) is 12.9. The molecule has 0 spiro atoms. The summed E-state index contributed by atoms with van der Waals surface area (Å²) in [4.78, 5) is 28.0. The van der Waals surface area contributed by atoms with Crippen molar-refractivity contribution in [2.45, 2.75) is 25.9 Å². The maximum absolute atomic E-state index is 12.4. The average Bonchev–Trinajstić information content (AvgIpc) is 2.66. The van der Waals surface area contributed by atoms with Crippen molar-refractivity contribution in [3.05, 3.63) is 53.2 Å². The fourth-order valence-corrected chi connectivity index (χ4v) is 2.34. The molecule has 2 rings (SSSR count). The molecule has 0 radical (unpaired) electrons. The summed E-state index contributed by atoms with van der Waals surface area (Å²) in [6.07, 6.45) is 5.25. The lowest BCUT2D eigenvalue weighted by atomic mass is 10.1. The number of hydrogen-bond donors (Lipinski definition) is 2. The number of nitrogens with two attached hydrogens (primary N) is 1. The maximum Gasteiger partial charge on any atom is 0.308 e. The predicted molar refractivity (Wildman–Crippen MR) is 100 cm³/mol. The van der Waals surface area contributed by atoms with Crippen molar-refractivity contribution >= 4 is 11.9 Å². The number of aromatic nitrogens is 1. The second-order valence-electron chi connectivity index (χ2n) is 5.76. The number of rotatable bonds is 7. The molecule has 1 aromatic carbocycles. The number of nitrogens with zero attached hydrogens (tertiary/aromatic N) is 1. The zero-order chi connectivity index (χ0) is 19.8. The van der Waals surface area contributed by atoms with Crippen LogP contribution in [0.3, 0.4) is 0 Å². The zero-order valence-corrected chi connectivity index (χ0v) is 15.2. The summed E-state index contributed by atoms with van der Waals surface area (Å²) >= 11 is 0. The lowest BCUT2D eigenvalue weighted by molar-refractivity contribution is -0.140. The van der Waals surface area contributed by atoms with Gasteiger partial charge < -0.3 is 20.5 Å². The SMILES string of the molecule is C#C[C@@H](CC(=O)OC)NC(=O)c1cccc(Oc2cc(CN)cc(C)n2)c1. The Morgan fingerprint density at radius 2 is 2.11 bits per heavy atom. The van der Waals surface area contributed by atoms with Crippen LogP contribution < -0.4 is 15.8 Å². The van der Waals surface area contributed by atoms with Crippen molar-refractivity contribution in [2.75, 3.05) is 7.11 Å². The van der Waals surface area contributed by atoms with Crippen LogP contribution in [0.1, 0.15) is 28.0 Å². The highest BCUT2D eigenvalue weighted by molar-refractivity contribution is 5.95. The van der Waals surface area contributed by atoms with Gasteiger partial charge in [-0.05, 0) is 36.8 Å². The summed E-state index contributed by atoms with van der Waals surface area (Å²) in [6, 6.07) is 9.41. The predicted octanol–water partition coefficient (Wildman–Crippen LogP) is 1.94. The molecule has 2 aromatic rings. The van der Waals surface area contributed by atoms with Gasteiger partial charge in [0.25, 0.3) is 5.91 Å². The quantitative estimate of drug-likeness (QED) is 0.572. The van der Waals surface area contributed by atoms with E-state index in [1.807, 2.05) is 13.0 Å². The second kappa shape index (κ2) is 9.36. The van der Waals surface area contributed by atoms with E-state index in [9.17, 15) is 9.59 Å². The Balaban J connectivity index is 2.12. The van der Waals surface area contributed by atoms with Crippen molar-refractivity contribution in [1.29, 1.82) is 0 Å². The number of esters is 1. The van der Waals surface area contributed by atoms with Crippen molar-refractivity contribution in [2.24, 2.45) is 5.73 Å². The number of hydrogen-bond acceptors (Lipinski definition) is 6. The third-order valence-electron chi connectivity index (χ3n) is 3.65. The molecule has 7 nitrogen and oxygen atoms in total. The van der Waals surface area contributed by atoms with E-state index in [0.29, 0.717) is 23.7 Å². The van der Waals surface area contributed by atoms with Gasteiger partial charge in [-0.2, -0.15) is 0 Å². The first-order valence-electron chi connectivity index (χ1n) is 8.24. The van der Waals surface area contributed by atoms with E-state index < -0.39 is 17.9 Å². The fraction of sp³-hybridized carbons (Fsp3) is 0.250. The number of nitrogens with one attached hydrogen (secondary N) is 1. The highest BCUT2D eigenvalue weighted by Crippen LogP contribution is 2.22. The molecule has 1 heterocycles. The van der Waals surface area contributed by atoms with Gasteiger partial charge in [0.2, 0.25) is 5.88 Å². The van der Waals surface area contributed by atoms with Crippen LogP contribution in [-0.2, 0) is 16.1 Å². The average molecular weight is 367 g/mol. The lowest BCUT2D eigenvalue weighted by Gasteiger charge is -2.13. The Morgan fingerprint density at radius 1 is 1.33 bits per heavy atom. The van der Waals surface area contributed by atoms with Crippen LogP contribution in [-0.4, -0.2) is 30.0 Å². The number of methoxy groups -OCH3 is 1. The molecule has 0 saturated carbocycles. The molecule has 0 aliphatic heterocycles. The van der Waals surface area contributed by atoms with Crippen LogP contribution >= 0.6 is 0 Å². The summed E-state index contributed by atoms with van der Waals surface area (Å²) in [5.41, 5.74) is 7.67. The van der Waals surface area contributed by atoms with Gasteiger partial charge in [0.15, 0.2) is 0 Å². The molecule has 7 heteroatoms. The Hall–Kier alpha value is -3.37. The van der Waals surface area contributed by atoms with E-state index in [1.54, 1.807) is 30.3 Å². The van der Waals surface area contributed by atoms with E-state index in [2.05, 4.69) is 21.0 Å². The van der Waals surface area contributed by atoms with Crippen LogP contribution in [0.2, 0.25) is 0 Å². The van der Waals surface area contributed by atoms with Crippen LogP contribution in [0.5, 0.6) is 11.6 Å². The number of pyridine rings is 1. The topological polar surface area (TPSA) is 104 Å². The number of carbonyl (C=O) groups is 2. The normalized spacial score (nSPS) is 11.2. The number of aryl methyl sites for hydroxylation is 1. The third kappa shape index (κ3) is 5.83. The molecule has 0 bridgehead atoms. The Bertz CT molecular complexity index is 874. The number of amides is 1. The first-order valence-corrected chi connectivity index (χ1v) is 8.24. The van der Waals surface area contributed by atoms with Gasteiger partial charge >= 0.3 is 5.97 Å². The molecule has 0 fully saturated rings. The third-order valence-corrected chi connectivity index (χ3v) is 3.65. The van der Waals surface area contributed by atoms with Crippen molar-refractivity contribution in [1.82, 2.24) is 10.3 Å². The molecule has 1 atom stereocenters. The largest absolute Gasteiger partial charge is 0.469 e. The molecule has 0 aliphatic rings. The number of carbonyl (C=O) groups excluding carboxylic acids is 2. The molecule has 140 valence electrons. The molecule has 3 N–H and O–H groups in total. The van der Waals surface area contributed by atoms with E-state index in [1.165, 1.54) is 7.11 Å². The number of benzene rings is 1. The van der Waals surface area contributed by atoms with Gasteiger partial charge in [-0.3, -0.25) is 9.59 Å². The van der Waals surface area contributed by atoms with Crippen LogP contribution in [0, 0.1) is 19.3 Å². The number of ether oxygens (including phenoxy) is 2. The van der Waals surface area contributed by atoms with Gasteiger partial charge in [-0.1, -0.05) is 12.0 Å². The second-order valence-corrected chi connectivity index (χ2v) is 5.76. The molecular weight excluding hydrogens is 346 g/mol. The summed E-state index contributed by atoms with van der Waals surface area (Å²) in [7, 11) is 1.26. The summed E-state index contributed by atoms with van der Waals surface area (Å²) in [5, 5.41) is 2.60. The van der Waals surface area contributed by atoms with Crippen molar-refractivity contribution in [3.8, 4) is 24.0 Å². The Morgan fingerprint density at radius 3 is 2.78 bits per heavy atom. The van der Waals surface area contributed by atoms with E-state index in [0.717, 1.165) is 11.3 Å². The molecule has 1 amide bonds. The molecule has 1 aromatic heterocycles. The van der Waals surface area contributed by atoms with Crippen molar-refractivity contribution < 1.29 is 19.1 Å². The van der Waals surface area contributed by atoms with Gasteiger partial charge in [0.05, 0.1) is 13.5 Å². The summed E-state index contributed by atoms with van der Waals surface area (Å²) in [6.45, 7) is 2.22. The standard InChI is InChI=1S/C20H21N3O4/c1-4-16(11-19(24)26-3)23-20(25)15-6-5-7-17(10-15)27-18-9-14(12-21)8-13(2)22-18/h1,5-10,16H,11-12,21H2,2-3H3,(H,23,25)/t16-/m0/s1. The van der Waals surface area contributed by atoms with Gasteiger partial charge in [-0.15, -0.1) is 6.42 Å². The maximum atomic E-state index is 12.4. The van der Waals surface area contributed by atoms with Gasteiger partial charge in [-0.25, -0.2) is 4.98 Å². The molecule has 0 saturated heterocycles. The van der Waals surface area contributed by atoms with E-state index >= 15 is 0 Å². The highest BCUT2D eigenvalue weighted by Gasteiger charge is 2.16. The molecule has 27 heavy (non-hydrogen) atoms. The Kier molecular flexibility index (Phi) is 6.92. The van der Waals surface area contributed by atoms with Crippen LogP contribution in [0.25, 0.3) is 0 Å². The molecule has 0 unspecified atom stereocenters. The fourth-order valence-electron chi connectivity index (χ4n) is 2.34.